The highest BCUT2D eigenvalue weighted by molar-refractivity contribution is 4.48. The van der Waals surface area contributed by atoms with Crippen molar-refractivity contribution in [3.8, 4) is 0 Å². The number of nitrogens with zero attached hydrogens (tertiary/aromatic N) is 2. The molecule has 0 fully saturated rings. The van der Waals surface area contributed by atoms with Gasteiger partial charge in [0.1, 0.15) is 26.2 Å². The lowest BCUT2D eigenvalue weighted by Gasteiger charge is -2.34. The summed E-state index contributed by atoms with van der Waals surface area (Å²) in [5, 5.41) is 18.5. The lowest BCUT2D eigenvalue weighted by Crippen LogP contribution is -2.49. The summed E-state index contributed by atoms with van der Waals surface area (Å²) in [6, 6.07) is 0. The first-order valence-electron chi connectivity index (χ1n) is 9.32. The average Bonchev–Trinajstić information content (AvgIpc) is 2.55. The van der Waals surface area contributed by atoms with Crippen molar-refractivity contribution in [2.75, 3.05) is 94.0 Å². The Morgan fingerprint density at radius 2 is 0.958 bits per heavy atom. The molecule has 0 heterocycles. The molecule has 0 aromatic rings. The molecule has 6 nitrogen and oxygen atoms in total. The number of quaternary nitrogens is 2. The number of likely N-dealkylation sites (N-methyl/N-ethyl adjacent to an activating group) is 2. The Morgan fingerprint density at radius 3 is 1.25 bits per heavy atom. The summed E-state index contributed by atoms with van der Waals surface area (Å²) >= 11 is 0. The fraction of sp³-hybridized carbons (Fsp3) is 1.00. The Labute approximate surface area is 149 Å². The quantitative estimate of drug-likeness (QED) is 0.300. The summed E-state index contributed by atoms with van der Waals surface area (Å²) in [7, 11) is 7.87. The van der Waals surface area contributed by atoms with Crippen LogP contribution in [-0.4, -0.2) is 113 Å². The molecular weight excluding hydrogens is 308 g/mol. The Kier molecular flexibility index (Phi) is 13.8. The van der Waals surface area contributed by atoms with Crippen molar-refractivity contribution in [2.24, 2.45) is 0 Å². The van der Waals surface area contributed by atoms with Gasteiger partial charge in [0.05, 0.1) is 53.6 Å². The summed E-state index contributed by atoms with van der Waals surface area (Å²) in [5.74, 6) is 0. The Hall–Kier alpha value is -0.240. The molecule has 0 aliphatic heterocycles. The topological polar surface area (TPSA) is 58.9 Å². The number of ether oxygens (including phenoxy) is 2. The van der Waals surface area contributed by atoms with Gasteiger partial charge in [-0.25, -0.2) is 0 Å². The number of hydrogen-bond donors (Lipinski definition) is 2. The van der Waals surface area contributed by atoms with Crippen molar-refractivity contribution in [1.82, 2.24) is 0 Å². The lowest BCUT2D eigenvalue weighted by molar-refractivity contribution is -0.911. The minimum atomic E-state index is 0.233. The van der Waals surface area contributed by atoms with E-state index in [1.165, 1.54) is 25.7 Å². The van der Waals surface area contributed by atoms with Crippen molar-refractivity contribution in [2.45, 2.75) is 25.7 Å². The molecule has 0 saturated carbocycles. The molecule has 0 aliphatic carbocycles. The van der Waals surface area contributed by atoms with Crippen LogP contribution in [0.3, 0.4) is 0 Å². The molecule has 0 saturated heterocycles. The number of rotatable bonds is 17. The second-order valence-electron chi connectivity index (χ2n) is 7.43. The van der Waals surface area contributed by atoms with Crippen LogP contribution < -0.4 is 0 Å². The van der Waals surface area contributed by atoms with Crippen molar-refractivity contribution in [3.05, 3.63) is 0 Å². The molecule has 2 N–H and O–H groups in total. The second-order valence-corrected chi connectivity index (χ2v) is 7.43. The van der Waals surface area contributed by atoms with Gasteiger partial charge in [0.25, 0.3) is 0 Å². The summed E-state index contributed by atoms with van der Waals surface area (Å²) < 4.78 is 12.2. The van der Waals surface area contributed by atoms with Gasteiger partial charge in [-0.05, 0) is 25.7 Å². The standard InChI is InChI=1S/C18H42N2O4/c1-19(11-15-21,13-17-23-3)9-7-5-6-8-10-20(2,12-16-22)14-18-24-4/h21-22H,5-18H2,1-4H3/q+2. The highest BCUT2D eigenvalue weighted by Gasteiger charge is 2.21. The third-order valence-corrected chi connectivity index (χ3v) is 5.10. The van der Waals surface area contributed by atoms with E-state index in [0.29, 0.717) is 0 Å². The van der Waals surface area contributed by atoms with Crippen LogP contribution in [-0.2, 0) is 9.47 Å². The van der Waals surface area contributed by atoms with Crippen LogP contribution in [0.4, 0.5) is 0 Å². The molecule has 24 heavy (non-hydrogen) atoms. The Bertz CT molecular complexity index is 266. The molecule has 0 amide bonds. The predicted octanol–water partition coefficient (Wildman–Crippen LogP) is 0.717. The Morgan fingerprint density at radius 1 is 0.583 bits per heavy atom. The summed E-state index contributed by atoms with van der Waals surface area (Å²) in [6.07, 6.45) is 4.80. The van der Waals surface area contributed by atoms with Gasteiger partial charge in [-0.3, -0.25) is 0 Å². The van der Waals surface area contributed by atoms with Gasteiger partial charge in [-0.2, -0.15) is 0 Å². The van der Waals surface area contributed by atoms with E-state index in [0.717, 1.165) is 61.4 Å². The van der Waals surface area contributed by atoms with Crippen LogP contribution in [0.2, 0.25) is 0 Å². The molecule has 2 unspecified atom stereocenters. The van der Waals surface area contributed by atoms with E-state index in [2.05, 4.69) is 14.1 Å². The smallest absolute Gasteiger partial charge is 0.102 e. The number of aliphatic hydroxyl groups is 2. The number of unbranched alkanes of at least 4 members (excludes halogenated alkanes) is 3. The summed E-state index contributed by atoms with van der Waals surface area (Å²) in [4.78, 5) is 0. The van der Waals surface area contributed by atoms with E-state index in [9.17, 15) is 10.2 Å². The molecule has 146 valence electrons. The monoisotopic (exact) mass is 350 g/mol. The molecule has 0 spiro atoms. The maximum atomic E-state index is 9.26. The van der Waals surface area contributed by atoms with Gasteiger partial charge in [0, 0.05) is 14.2 Å². The maximum absolute atomic E-state index is 9.26. The molecule has 0 aromatic heterocycles. The van der Waals surface area contributed by atoms with Gasteiger partial charge in [0.2, 0.25) is 0 Å². The molecule has 0 aromatic carbocycles. The minimum absolute atomic E-state index is 0.233. The van der Waals surface area contributed by atoms with Crippen LogP contribution in [0.25, 0.3) is 0 Å². The van der Waals surface area contributed by atoms with Gasteiger partial charge < -0.3 is 28.7 Å². The first-order valence-corrected chi connectivity index (χ1v) is 9.32. The maximum Gasteiger partial charge on any atom is 0.102 e. The van der Waals surface area contributed by atoms with Gasteiger partial charge in [0.15, 0.2) is 0 Å². The number of aliphatic hydroxyl groups excluding tert-OH is 2. The van der Waals surface area contributed by atoms with E-state index >= 15 is 0 Å². The second kappa shape index (κ2) is 14.0. The molecule has 0 aliphatic rings. The third-order valence-electron chi connectivity index (χ3n) is 5.10. The van der Waals surface area contributed by atoms with E-state index in [-0.39, 0.29) is 13.2 Å². The fourth-order valence-corrected chi connectivity index (χ4v) is 3.12. The van der Waals surface area contributed by atoms with Crippen molar-refractivity contribution in [1.29, 1.82) is 0 Å². The molecular formula is C18H42N2O4+2. The first kappa shape index (κ1) is 23.8. The Balaban J connectivity index is 4.00. The van der Waals surface area contributed by atoms with E-state index in [4.69, 9.17) is 9.47 Å². The highest BCUT2D eigenvalue weighted by Crippen LogP contribution is 2.11. The van der Waals surface area contributed by atoms with Gasteiger partial charge >= 0.3 is 0 Å². The molecule has 0 bridgehead atoms. The zero-order valence-corrected chi connectivity index (χ0v) is 16.5. The highest BCUT2D eigenvalue weighted by atomic mass is 16.5. The van der Waals surface area contributed by atoms with Crippen molar-refractivity contribution in [3.63, 3.8) is 0 Å². The largest absolute Gasteiger partial charge is 0.391 e. The van der Waals surface area contributed by atoms with E-state index < -0.39 is 0 Å². The van der Waals surface area contributed by atoms with E-state index in [1.54, 1.807) is 14.2 Å². The van der Waals surface area contributed by atoms with Gasteiger partial charge in [-0.15, -0.1) is 0 Å². The summed E-state index contributed by atoms with van der Waals surface area (Å²) in [6.45, 7) is 7.65. The predicted molar refractivity (Wildman–Crippen MR) is 98.0 cm³/mol. The van der Waals surface area contributed by atoms with Crippen LogP contribution >= 0.6 is 0 Å². The zero-order valence-electron chi connectivity index (χ0n) is 16.5. The first-order chi connectivity index (χ1) is 11.4. The molecule has 0 radical (unpaired) electrons. The fourth-order valence-electron chi connectivity index (χ4n) is 3.12. The minimum Gasteiger partial charge on any atom is -0.391 e. The molecule has 6 heteroatoms. The van der Waals surface area contributed by atoms with Crippen LogP contribution in [0.5, 0.6) is 0 Å². The van der Waals surface area contributed by atoms with Crippen LogP contribution in [0.15, 0.2) is 0 Å². The van der Waals surface area contributed by atoms with Gasteiger partial charge in [-0.1, -0.05) is 0 Å². The zero-order chi connectivity index (χ0) is 18.3. The SMILES string of the molecule is COCC[N+](C)(CCO)CCCCCC[N+](C)(CCO)CCOC. The van der Waals surface area contributed by atoms with E-state index in [1.807, 2.05) is 0 Å². The normalized spacial score (nSPS) is 16.8. The average molecular weight is 351 g/mol. The lowest BCUT2D eigenvalue weighted by atomic mass is 10.1. The van der Waals surface area contributed by atoms with Crippen molar-refractivity contribution >= 4 is 0 Å². The van der Waals surface area contributed by atoms with Crippen LogP contribution in [0, 0.1) is 0 Å². The molecule has 0 rings (SSSR count). The number of methoxy groups -OCH3 is 2. The van der Waals surface area contributed by atoms with Crippen LogP contribution in [0.1, 0.15) is 25.7 Å². The molecule has 2 atom stereocenters. The third kappa shape index (κ3) is 11.3. The summed E-state index contributed by atoms with van der Waals surface area (Å²) in [5.41, 5.74) is 0. The number of hydrogen-bond acceptors (Lipinski definition) is 4. The van der Waals surface area contributed by atoms with Crippen molar-refractivity contribution < 1.29 is 28.7 Å².